The molecule has 1 heterocycles. The Hall–Kier alpha value is -1.32. The number of methoxy groups -OCH3 is 1. The van der Waals surface area contributed by atoms with Crippen LogP contribution in [0, 0.1) is 5.41 Å². The van der Waals surface area contributed by atoms with Gasteiger partial charge in [0.05, 0.1) is 6.10 Å². The van der Waals surface area contributed by atoms with E-state index in [1.165, 1.54) is 16.5 Å². The second-order valence-electron chi connectivity index (χ2n) is 6.07. The SMILES string of the molecule is COC1CC(NCc2cccc3cc[nH]c23)C1(C)C. The fraction of sp³-hybridized carbons (Fsp3) is 0.500. The van der Waals surface area contributed by atoms with Crippen molar-refractivity contribution in [2.75, 3.05) is 7.11 Å². The van der Waals surface area contributed by atoms with Crippen molar-refractivity contribution < 1.29 is 4.74 Å². The van der Waals surface area contributed by atoms with Crippen molar-refractivity contribution in [2.45, 2.75) is 39.0 Å². The lowest BCUT2D eigenvalue weighted by atomic mass is 9.64. The van der Waals surface area contributed by atoms with Crippen molar-refractivity contribution in [3.8, 4) is 0 Å². The number of H-pyrrole nitrogens is 1. The van der Waals surface area contributed by atoms with Crippen LogP contribution in [0.4, 0.5) is 0 Å². The van der Waals surface area contributed by atoms with Crippen molar-refractivity contribution in [1.29, 1.82) is 0 Å². The molecule has 3 rings (SSSR count). The molecule has 1 saturated carbocycles. The van der Waals surface area contributed by atoms with Crippen molar-refractivity contribution in [3.05, 3.63) is 36.0 Å². The van der Waals surface area contributed by atoms with E-state index in [-0.39, 0.29) is 5.41 Å². The maximum atomic E-state index is 5.50. The molecule has 0 saturated heterocycles. The summed E-state index contributed by atoms with van der Waals surface area (Å²) in [5, 5.41) is 4.95. The van der Waals surface area contributed by atoms with Gasteiger partial charge in [0.1, 0.15) is 0 Å². The number of fused-ring (bicyclic) bond motifs is 1. The highest BCUT2D eigenvalue weighted by molar-refractivity contribution is 5.82. The molecule has 102 valence electrons. The molecular weight excluding hydrogens is 236 g/mol. The third-order valence-electron chi connectivity index (χ3n) is 4.67. The summed E-state index contributed by atoms with van der Waals surface area (Å²) in [4.78, 5) is 3.32. The Kier molecular flexibility index (Phi) is 3.11. The minimum atomic E-state index is 0.221. The van der Waals surface area contributed by atoms with Crippen LogP contribution in [0.2, 0.25) is 0 Å². The first-order valence-electron chi connectivity index (χ1n) is 6.94. The highest BCUT2D eigenvalue weighted by Gasteiger charge is 2.48. The van der Waals surface area contributed by atoms with Gasteiger partial charge in [-0.3, -0.25) is 0 Å². The van der Waals surface area contributed by atoms with Crippen LogP contribution in [-0.4, -0.2) is 24.2 Å². The zero-order chi connectivity index (χ0) is 13.5. The Morgan fingerprint density at radius 1 is 1.37 bits per heavy atom. The molecule has 0 bridgehead atoms. The molecular formula is C16H22N2O. The lowest BCUT2D eigenvalue weighted by Crippen LogP contribution is -2.60. The van der Waals surface area contributed by atoms with Crippen LogP contribution >= 0.6 is 0 Å². The van der Waals surface area contributed by atoms with Gasteiger partial charge in [0.15, 0.2) is 0 Å². The predicted octanol–water partition coefficient (Wildman–Crippen LogP) is 3.07. The Balaban J connectivity index is 1.69. The van der Waals surface area contributed by atoms with Crippen LogP contribution in [-0.2, 0) is 11.3 Å². The molecule has 19 heavy (non-hydrogen) atoms. The van der Waals surface area contributed by atoms with Crippen molar-refractivity contribution in [2.24, 2.45) is 5.41 Å². The van der Waals surface area contributed by atoms with Crippen LogP contribution < -0.4 is 5.32 Å². The van der Waals surface area contributed by atoms with Crippen LogP contribution in [0.5, 0.6) is 0 Å². The minimum Gasteiger partial charge on any atom is -0.381 e. The van der Waals surface area contributed by atoms with E-state index in [4.69, 9.17) is 4.74 Å². The number of rotatable bonds is 4. The van der Waals surface area contributed by atoms with Gasteiger partial charge in [-0.25, -0.2) is 0 Å². The second kappa shape index (κ2) is 4.66. The fourth-order valence-electron chi connectivity index (χ4n) is 3.16. The zero-order valence-electron chi connectivity index (χ0n) is 11.9. The molecule has 1 aliphatic carbocycles. The number of ether oxygens (including phenoxy) is 1. The van der Waals surface area contributed by atoms with Crippen molar-refractivity contribution in [3.63, 3.8) is 0 Å². The van der Waals surface area contributed by atoms with Gasteiger partial charge in [0, 0.05) is 36.8 Å². The monoisotopic (exact) mass is 258 g/mol. The average Bonchev–Trinajstić information content (AvgIpc) is 2.86. The first kappa shape index (κ1) is 12.7. The third-order valence-corrected chi connectivity index (χ3v) is 4.67. The van der Waals surface area contributed by atoms with Gasteiger partial charge in [-0.05, 0) is 23.4 Å². The molecule has 3 heteroatoms. The van der Waals surface area contributed by atoms with E-state index in [2.05, 4.69) is 48.4 Å². The average molecular weight is 258 g/mol. The Bertz CT molecular complexity index is 573. The molecule has 2 unspecified atom stereocenters. The topological polar surface area (TPSA) is 37.0 Å². The summed E-state index contributed by atoms with van der Waals surface area (Å²) in [5.74, 6) is 0. The lowest BCUT2D eigenvalue weighted by molar-refractivity contribution is -0.0978. The minimum absolute atomic E-state index is 0.221. The summed E-state index contributed by atoms with van der Waals surface area (Å²) in [7, 11) is 1.81. The highest BCUT2D eigenvalue weighted by Crippen LogP contribution is 2.42. The Labute approximate surface area is 114 Å². The lowest BCUT2D eigenvalue weighted by Gasteiger charge is -2.51. The molecule has 2 atom stereocenters. The van der Waals surface area contributed by atoms with Gasteiger partial charge in [-0.15, -0.1) is 0 Å². The van der Waals surface area contributed by atoms with Gasteiger partial charge in [-0.2, -0.15) is 0 Å². The van der Waals surface area contributed by atoms with Crippen LogP contribution in [0.1, 0.15) is 25.8 Å². The van der Waals surface area contributed by atoms with E-state index in [1.54, 1.807) is 0 Å². The number of para-hydroxylation sites is 1. The van der Waals surface area contributed by atoms with E-state index in [0.29, 0.717) is 12.1 Å². The normalized spacial score (nSPS) is 25.4. The number of hydrogen-bond acceptors (Lipinski definition) is 2. The largest absolute Gasteiger partial charge is 0.381 e. The fourth-order valence-corrected chi connectivity index (χ4v) is 3.16. The zero-order valence-corrected chi connectivity index (χ0v) is 11.9. The van der Waals surface area contributed by atoms with Crippen LogP contribution in [0.3, 0.4) is 0 Å². The van der Waals surface area contributed by atoms with Gasteiger partial charge < -0.3 is 15.0 Å². The number of aromatic amines is 1. The number of benzene rings is 1. The van der Waals surface area contributed by atoms with E-state index >= 15 is 0 Å². The van der Waals surface area contributed by atoms with Crippen molar-refractivity contribution >= 4 is 10.9 Å². The standard InChI is InChI=1S/C16H22N2O/c1-16(2)13(9-14(16)19-3)18-10-12-6-4-5-11-7-8-17-15(11)12/h4-8,13-14,17-18H,9-10H2,1-3H3. The molecule has 2 N–H and O–H groups in total. The first-order valence-corrected chi connectivity index (χ1v) is 6.94. The molecule has 1 aromatic carbocycles. The number of aromatic nitrogens is 1. The molecule has 0 aliphatic heterocycles. The van der Waals surface area contributed by atoms with Gasteiger partial charge in [0.2, 0.25) is 0 Å². The summed E-state index contributed by atoms with van der Waals surface area (Å²) in [6, 6.07) is 9.10. The molecule has 1 aliphatic rings. The molecule has 2 aromatic rings. The summed E-state index contributed by atoms with van der Waals surface area (Å²) in [6.45, 7) is 5.46. The Morgan fingerprint density at radius 3 is 2.95 bits per heavy atom. The van der Waals surface area contributed by atoms with Crippen molar-refractivity contribution in [1.82, 2.24) is 10.3 Å². The van der Waals surface area contributed by atoms with Gasteiger partial charge in [0.25, 0.3) is 0 Å². The molecule has 1 fully saturated rings. The molecule has 0 amide bonds. The molecule has 0 spiro atoms. The highest BCUT2D eigenvalue weighted by atomic mass is 16.5. The van der Waals surface area contributed by atoms with Crippen LogP contribution in [0.25, 0.3) is 10.9 Å². The summed E-state index contributed by atoms with van der Waals surface area (Å²) in [6.07, 6.45) is 3.48. The molecule has 3 nitrogen and oxygen atoms in total. The maximum absolute atomic E-state index is 5.50. The van der Waals surface area contributed by atoms with E-state index in [9.17, 15) is 0 Å². The van der Waals surface area contributed by atoms with E-state index in [0.717, 1.165) is 13.0 Å². The first-order chi connectivity index (χ1) is 9.13. The summed E-state index contributed by atoms with van der Waals surface area (Å²) in [5.41, 5.74) is 2.80. The third kappa shape index (κ3) is 2.07. The van der Waals surface area contributed by atoms with Crippen LogP contribution in [0.15, 0.2) is 30.5 Å². The predicted molar refractivity (Wildman–Crippen MR) is 78.1 cm³/mol. The smallest absolute Gasteiger partial charge is 0.0652 e. The summed E-state index contributed by atoms with van der Waals surface area (Å²) >= 11 is 0. The number of nitrogens with one attached hydrogen (secondary N) is 2. The number of hydrogen-bond donors (Lipinski definition) is 2. The second-order valence-corrected chi connectivity index (χ2v) is 6.07. The van der Waals surface area contributed by atoms with E-state index < -0.39 is 0 Å². The molecule has 1 aromatic heterocycles. The molecule has 0 radical (unpaired) electrons. The quantitative estimate of drug-likeness (QED) is 0.884. The Morgan fingerprint density at radius 2 is 2.21 bits per heavy atom. The van der Waals surface area contributed by atoms with E-state index in [1.807, 2.05) is 13.3 Å². The van der Waals surface area contributed by atoms with Gasteiger partial charge in [-0.1, -0.05) is 32.0 Å². The maximum Gasteiger partial charge on any atom is 0.0652 e. The van der Waals surface area contributed by atoms with Gasteiger partial charge >= 0.3 is 0 Å². The summed E-state index contributed by atoms with van der Waals surface area (Å²) < 4.78 is 5.50.